The Labute approximate surface area is 133 Å². The van der Waals surface area contributed by atoms with Crippen molar-refractivity contribution in [2.45, 2.75) is 11.9 Å². The Morgan fingerprint density at radius 1 is 1.44 bits per heavy atom. The molecule has 16 heavy (non-hydrogen) atoms. The predicted octanol–water partition coefficient (Wildman–Crippen LogP) is -2.77. The third kappa shape index (κ3) is 5.26. The number of ether oxygens (including phenoxy) is 1. The Balaban J connectivity index is 0.00000225. The number of nitrogens with zero attached hydrogens (tertiary/aromatic N) is 1. The van der Waals surface area contributed by atoms with Gasteiger partial charge in [0.2, 0.25) is 0 Å². The molecule has 0 amide bonds. The van der Waals surface area contributed by atoms with E-state index in [2.05, 4.69) is 12.9 Å². The van der Waals surface area contributed by atoms with Crippen LogP contribution in [0.25, 0.3) is 0 Å². The largest absolute Gasteiger partial charge is 1.00 e. The van der Waals surface area contributed by atoms with Crippen molar-refractivity contribution in [1.82, 2.24) is 0 Å². The van der Waals surface area contributed by atoms with Crippen LogP contribution < -0.4 is 51.4 Å². The molecule has 90 valence electrons. The van der Waals surface area contributed by atoms with Gasteiger partial charge in [-0.05, 0) is 4.53 Å². The first-order valence-electron chi connectivity index (χ1n) is 3.49. The molecule has 12 heteroatoms. The molecule has 0 aliphatic carbocycles. The van der Waals surface area contributed by atoms with Gasteiger partial charge in [0.15, 0.2) is 0 Å². The van der Waals surface area contributed by atoms with Gasteiger partial charge in [-0.15, -0.1) is 0 Å². The molecule has 1 rings (SSSR count). The summed E-state index contributed by atoms with van der Waals surface area (Å²) < 4.78 is 77.2. The van der Waals surface area contributed by atoms with Crippen LogP contribution in [0.15, 0.2) is 3.77 Å². The first kappa shape index (κ1) is 17.2. The molecule has 2 unspecified atom stereocenters. The molecule has 0 bridgehead atoms. The van der Waals surface area contributed by atoms with Crippen molar-refractivity contribution >= 4 is 20.0 Å². The number of rotatable bonds is 5. The third-order valence-electron chi connectivity index (χ3n) is 1.33. The fourth-order valence-corrected chi connectivity index (χ4v) is 3.24. The number of epoxide rings is 1. The molecule has 0 aromatic carbocycles. The molecule has 1 heterocycles. The maximum atomic E-state index is 11.9. The Bertz CT molecular complexity index is 441. The number of hydrogen-bond donors (Lipinski definition) is 0. The predicted molar refractivity (Wildman–Crippen MR) is 42.3 cm³/mol. The van der Waals surface area contributed by atoms with E-state index in [1.165, 1.54) is 0 Å². The number of sulfonamides is 1. The van der Waals surface area contributed by atoms with Gasteiger partial charge in [-0.1, -0.05) is 8.16 Å². The summed E-state index contributed by atoms with van der Waals surface area (Å²) in [6.45, 7) is 0.140. The van der Waals surface area contributed by atoms with Crippen LogP contribution in [0.5, 0.6) is 0 Å². The van der Waals surface area contributed by atoms with Crippen molar-refractivity contribution in [2.24, 2.45) is 3.77 Å². The second-order valence-corrected chi connectivity index (χ2v) is 6.22. The minimum atomic E-state index is -5.14. The zero-order valence-electron chi connectivity index (χ0n) is 8.01. The maximum absolute atomic E-state index is 11.9. The van der Waals surface area contributed by atoms with Gasteiger partial charge in [-0.3, -0.25) is 0 Å². The summed E-state index contributed by atoms with van der Waals surface area (Å²) in [6, 6.07) is 0. The van der Waals surface area contributed by atoms with E-state index in [1.54, 1.807) is 0 Å². The Morgan fingerprint density at radius 3 is 2.25 bits per heavy atom. The molecule has 0 radical (unpaired) electrons. The quantitative estimate of drug-likeness (QED) is 0.405. The van der Waals surface area contributed by atoms with E-state index >= 15 is 0 Å². The van der Waals surface area contributed by atoms with E-state index in [-0.39, 0.29) is 58.0 Å². The van der Waals surface area contributed by atoms with E-state index in [4.69, 9.17) is 0 Å². The second kappa shape index (κ2) is 6.42. The van der Waals surface area contributed by atoms with Crippen molar-refractivity contribution in [3.8, 4) is 0 Å². The molecular weight excluding hydrogens is 302 g/mol. The SMILES string of the molecule is O=S(=O)(CC1CO1)N=S(=O)(OF)C(F)F.[K+]. The van der Waals surface area contributed by atoms with Crippen LogP contribution in [0.4, 0.5) is 13.3 Å². The fraction of sp³-hybridized carbons (Fsp3) is 1.00. The normalized spacial score (nSPS) is 23.4. The monoisotopic (exact) mass is 308 g/mol. The average molecular weight is 308 g/mol. The second-order valence-electron chi connectivity index (χ2n) is 2.62. The van der Waals surface area contributed by atoms with E-state index in [9.17, 15) is 25.9 Å². The molecule has 0 spiro atoms. The van der Waals surface area contributed by atoms with Gasteiger partial charge in [0.05, 0.1) is 12.7 Å². The van der Waals surface area contributed by atoms with Crippen molar-refractivity contribution < 1.29 is 86.4 Å². The zero-order valence-corrected chi connectivity index (χ0v) is 12.8. The summed E-state index contributed by atoms with van der Waals surface area (Å²) in [5.41, 5.74) is 0. The number of halogens is 3. The van der Waals surface area contributed by atoms with E-state index < -0.39 is 37.6 Å². The van der Waals surface area contributed by atoms with Crippen molar-refractivity contribution in [3.05, 3.63) is 0 Å². The summed E-state index contributed by atoms with van der Waals surface area (Å²) >= 11 is 0. The van der Waals surface area contributed by atoms with Crippen LogP contribution in [0.3, 0.4) is 0 Å². The summed E-state index contributed by atoms with van der Waals surface area (Å²) in [6.07, 6.45) is -0.667. The number of hydrogen-bond acceptors (Lipinski definition) is 5. The van der Waals surface area contributed by atoms with E-state index in [0.717, 1.165) is 0 Å². The van der Waals surface area contributed by atoms with Crippen LogP contribution >= 0.6 is 0 Å². The molecule has 0 aromatic rings. The molecular formula is C4H6F3KNO5S2+. The molecule has 0 saturated carbocycles. The third-order valence-corrected chi connectivity index (χ3v) is 4.50. The Morgan fingerprint density at radius 2 is 1.94 bits per heavy atom. The Kier molecular flexibility index (Phi) is 6.92. The van der Waals surface area contributed by atoms with Crippen LogP contribution in [0, 0.1) is 0 Å². The fourth-order valence-electron chi connectivity index (χ4n) is 0.659. The molecule has 0 aromatic heterocycles. The molecule has 2 atom stereocenters. The zero-order chi connectivity index (χ0) is 11.7. The van der Waals surface area contributed by atoms with Gasteiger partial charge >= 0.3 is 57.1 Å². The first-order valence-corrected chi connectivity index (χ1v) is 6.60. The van der Waals surface area contributed by atoms with Crippen LogP contribution in [0.1, 0.15) is 0 Å². The van der Waals surface area contributed by atoms with Gasteiger partial charge in [0, 0.05) is 0 Å². The van der Waals surface area contributed by atoms with Crippen molar-refractivity contribution in [3.63, 3.8) is 0 Å². The van der Waals surface area contributed by atoms with E-state index in [0.29, 0.717) is 0 Å². The molecule has 0 N–H and O–H groups in total. The molecule has 6 nitrogen and oxygen atoms in total. The number of alkyl halides is 2. The molecule has 1 saturated heterocycles. The summed E-state index contributed by atoms with van der Waals surface area (Å²) in [7, 11) is -9.59. The topological polar surface area (TPSA) is 85.3 Å². The molecule has 1 aliphatic heterocycles. The van der Waals surface area contributed by atoms with Crippen molar-refractivity contribution in [1.29, 1.82) is 0 Å². The summed E-state index contributed by atoms with van der Waals surface area (Å²) in [5.74, 6) is -4.57. The van der Waals surface area contributed by atoms with Gasteiger partial charge < -0.3 is 4.74 Å². The summed E-state index contributed by atoms with van der Waals surface area (Å²) in [4.78, 5) is 0. The average Bonchev–Trinajstić information content (AvgIpc) is 2.86. The maximum Gasteiger partial charge on any atom is 1.00 e. The summed E-state index contributed by atoms with van der Waals surface area (Å²) in [5, 5.41) is 0. The minimum Gasteiger partial charge on any atom is -0.372 e. The van der Waals surface area contributed by atoms with Gasteiger partial charge in [-0.25, -0.2) is 12.6 Å². The van der Waals surface area contributed by atoms with E-state index in [1.807, 2.05) is 0 Å². The van der Waals surface area contributed by atoms with Crippen molar-refractivity contribution in [2.75, 3.05) is 12.4 Å². The van der Waals surface area contributed by atoms with Crippen LogP contribution in [0.2, 0.25) is 0 Å². The molecule has 1 aliphatic rings. The Hall–Kier alpha value is 1.25. The molecule has 1 fully saturated rings. The van der Waals surface area contributed by atoms with Gasteiger partial charge in [0.1, 0.15) is 5.75 Å². The standard InChI is InChI=1S/C4H6F3NO5S2.K/c5-4(6)15(11,13-7)8-14(9,10)2-3-1-12-3;/h3-4H,1-2H2;/q;+1. The van der Waals surface area contributed by atoms with Gasteiger partial charge in [0.25, 0.3) is 20.0 Å². The van der Waals surface area contributed by atoms with Crippen LogP contribution in [-0.2, 0) is 29.2 Å². The van der Waals surface area contributed by atoms with Crippen LogP contribution in [-0.4, -0.2) is 36.8 Å². The smallest absolute Gasteiger partial charge is 0.372 e. The van der Waals surface area contributed by atoms with Gasteiger partial charge in [-0.2, -0.15) is 8.78 Å². The first-order chi connectivity index (χ1) is 6.79. The minimum absolute atomic E-state index is 0.